The molecule has 2 heterocycles. The van der Waals surface area contributed by atoms with E-state index >= 15 is 0 Å². The van der Waals surface area contributed by atoms with Crippen molar-refractivity contribution in [1.82, 2.24) is 4.98 Å². The first kappa shape index (κ1) is 19.0. The molecular weight excluding hydrogens is 374 g/mol. The highest BCUT2D eigenvalue weighted by atomic mass is 32.3. The summed E-state index contributed by atoms with van der Waals surface area (Å²) in [6, 6.07) is 15.5. The summed E-state index contributed by atoms with van der Waals surface area (Å²) >= 11 is 0. The molecule has 1 aromatic heterocycles. The number of nitrogens with two attached hydrogens (primary N) is 1. The lowest BCUT2D eigenvalue weighted by atomic mass is 10.1. The van der Waals surface area contributed by atoms with E-state index in [1.807, 2.05) is 55.5 Å². The number of benzene rings is 2. The van der Waals surface area contributed by atoms with Crippen molar-refractivity contribution in [3.8, 4) is 5.75 Å². The Balaban J connectivity index is 1.80. The quantitative estimate of drug-likeness (QED) is 0.614. The van der Waals surface area contributed by atoms with Crippen molar-refractivity contribution in [3.63, 3.8) is 0 Å². The molecule has 0 atom stereocenters. The minimum Gasteiger partial charge on any atom is -0.491 e. The molecule has 4 rings (SSSR count). The van der Waals surface area contributed by atoms with Crippen molar-refractivity contribution >= 4 is 27.3 Å². The van der Waals surface area contributed by atoms with Gasteiger partial charge in [-0.25, -0.2) is 4.98 Å². The molecule has 4 N–H and O–H groups in total. The fraction of sp³-hybridized carbons (Fsp3) is 0.286. The van der Waals surface area contributed by atoms with Gasteiger partial charge in [-0.15, -0.1) is 0 Å². The van der Waals surface area contributed by atoms with Crippen LogP contribution in [0.3, 0.4) is 0 Å². The molecular formula is C21H25N3O3S. The van der Waals surface area contributed by atoms with Crippen molar-refractivity contribution < 1.29 is 13.8 Å². The Morgan fingerprint density at radius 2 is 2.00 bits per heavy atom. The predicted molar refractivity (Wildman–Crippen MR) is 115 cm³/mol. The number of aryl methyl sites for hydroxylation is 1. The third kappa shape index (κ3) is 3.54. The molecule has 1 aliphatic rings. The molecule has 28 heavy (non-hydrogen) atoms. The second kappa shape index (κ2) is 7.60. The number of ether oxygens (including phenoxy) is 1. The largest absolute Gasteiger partial charge is 0.491 e. The fourth-order valence-electron chi connectivity index (χ4n) is 3.58. The van der Waals surface area contributed by atoms with E-state index in [4.69, 9.17) is 15.5 Å². The second-order valence-electron chi connectivity index (χ2n) is 6.99. The van der Waals surface area contributed by atoms with Crippen LogP contribution in [0.25, 0.3) is 10.9 Å². The van der Waals surface area contributed by atoms with Crippen LogP contribution in [0.15, 0.2) is 53.4 Å². The summed E-state index contributed by atoms with van der Waals surface area (Å²) in [6.45, 7) is 3.95. The van der Waals surface area contributed by atoms with Gasteiger partial charge >= 0.3 is 0 Å². The maximum absolute atomic E-state index is 10.6. The lowest BCUT2D eigenvalue weighted by Gasteiger charge is -2.32. The van der Waals surface area contributed by atoms with Gasteiger partial charge in [0.1, 0.15) is 18.2 Å². The minimum atomic E-state index is -2.81. The van der Waals surface area contributed by atoms with Crippen LogP contribution in [0.1, 0.15) is 11.1 Å². The minimum absolute atomic E-state index is 0.274. The van der Waals surface area contributed by atoms with E-state index in [1.54, 1.807) is 0 Å². The summed E-state index contributed by atoms with van der Waals surface area (Å²) in [5, 5.41) is 0.955. The Bertz CT molecular complexity index is 1010. The topological polar surface area (TPSA) is 91.8 Å². The van der Waals surface area contributed by atoms with Crippen molar-refractivity contribution in [2.75, 3.05) is 30.3 Å². The van der Waals surface area contributed by atoms with Crippen LogP contribution >= 0.6 is 10.6 Å². The smallest absolute Gasteiger partial charge is 0.133 e. The molecule has 3 aromatic rings. The van der Waals surface area contributed by atoms with Crippen molar-refractivity contribution in [1.29, 1.82) is 0 Å². The van der Waals surface area contributed by atoms with Crippen molar-refractivity contribution in [3.05, 3.63) is 59.7 Å². The van der Waals surface area contributed by atoms with Crippen LogP contribution in [0.2, 0.25) is 0 Å². The number of nitrogens with zero attached hydrogens (tertiary/aromatic N) is 2. The third-order valence-electron chi connectivity index (χ3n) is 5.02. The number of hydrogen-bond acceptors (Lipinski definition) is 6. The molecule has 0 saturated carbocycles. The first-order valence-electron chi connectivity index (χ1n) is 9.31. The molecule has 0 aliphatic carbocycles. The van der Waals surface area contributed by atoms with Crippen LogP contribution in [-0.4, -0.2) is 39.5 Å². The average Bonchev–Trinajstić information content (AvgIpc) is 2.83. The zero-order valence-electron chi connectivity index (χ0n) is 15.8. The highest BCUT2D eigenvalue weighted by Crippen LogP contribution is 2.51. The number of para-hydroxylation sites is 1. The molecule has 0 bridgehead atoms. The lowest BCUT2D eigenvalue weighted by Crippen LogP contribution is -2.26. The van der Waals surface area contributed by atoms with Gasteiger partial charge in [-0.1, -0.05) is 30.3 Å². The zero-order valence-corrected chi connectivity index (χ0v) is 16.7. The molecule has 1 aliphatic heterocycles. The number of anilines is 1. The fourth-order valence-corrected chi connectivity index (χ4v) is 5.12. The Hall–Kier alpha value is -2.32. The molecule has 148 valence electrons. The third-order valence-corrected chi connectivity index (χ3v) is 6.88. The molecule has 0 fully saturated rings. The Morgan fingerprint density at radius 3 is 2.82 bits per heavy atom. The normalized spacial score (nSPS) is 17.1. The summed E-state index contributed by atoms with van der Waals surface area (Å²) in [7, 11) is -2.81. The monoisotopic (exact) mass is 399 g/mol. The SMILES string of the molecule is Cc1cccc2c(OCCN)cc(N3CCS(O)(O)c4ccccc4C3)nc12. The Kier molecular flexibility index (Phi) is 5.16. The average molecular weight is 400 g/mol. The molecule has 0 saturated heterocycles. The Labute approximate surface area is 166 Å². The molecule has 0 spiro atoms. The van der Waals surface area contributed by atoms with Gasteiger partial charge in [0.2, 0.25) is 0 Å². The first-order valence-corrected chi connectivity index (χ1v) is 11.0. The second-order valence-corrected chi connectivity index (χ2v) is 9.17. The van der Waals surface area contributed by atoms with Gasteiger partial charge in [0, 0.05) is 31.1 Å². The number of rotatable bonds is 4. The van der Waals surface area contributed by atoms with E-state index < -0.39 is 10.6 Å². The van der Waals surface area contributed by atoms with Crippen LogP contribution in [0.5, 0.6) is 5.75 Å². The van der Waals surface area contributed by atoms with Gasteiger partial charge in [0.15, 0.2) is 0 Å². The lowest BCUT2D eigenvalue weighted by molar-refractivity contribution is 0.332. The van der Waals surface area contributed by atoms with E-state index in [-0.39, 0.29) is 5.75 Å². The van der Waals surface area contributed by atoms with Crippen LogP contribution in [0, 0.1) is 6.92 Å². The van der Waals surface area contributed by atoms with Gasteiger partial charge in [-0.2, -0.15) is 10.6 Å². The summed E-state index contributed by atoms with van der Waals surface area (Å²) in [5.41, 5.74) is 8.50. The molecule has 2 aromatic carbocycles. The van der Waals surface area contributed by atoms with Crippen LogP contribution in [-0.2, 0) is 6.54 Å². The van der Waals surface area contributed by atoms with Crippen LogP contribution in [0.4, 0.5) is 5.82 Å². The van der Waals surface area contributed by atoms with Gasteiger partial charge < -0.3 is 15.4 Å². The molecule has 7 heteroatoms. The van der Waals surface area contributed by atoms with Crippen molar-refractivity contribution in [2.45, 2.75) is 18.4 Å². The summed E-state index contributed by atoms with van der Waals surface area (Å²) < 4.78 is 27.1. The summed E-state index contributed by atoms with van der Waals surface area (Å²) in [4.78, 5) is 7.61. The number of fused-ring (bicyclic) bond motifs is 2. The number of aromatic nitrogens is 1. The molecule has 0 unspecified atom stereocenters. The molecule has 6 nitrogen and oxygen atoms in total. The van der Waals surface area contributed by atoms with Gasteiger partial charge in [0.25, 0.3) is 0 Å². The highest BCUT2D eigenvalue weighted by Gasteiger charge is 2.26. The molecule has 0 radical (unpaired) electrons. The first-order chi connectivity index (χ1) is 13.5. The standard InChI is InChI=1S/C21H25N3O3S/c1-15-5-4-7-17-18(27-11-9-22)13-20(23-21(15)17)24-10-12-28(25,26)19-8-3-2-6-16(19)14-24/h2-8,13,25-26H,9-12,14,22H2,1H3. The summed E-state index contributed by atoms with van der Waals surface area (Å²) in [5.74, 6) is 1.79. The van der Waals surface area contributed by atoms with Gasteiger partial charge in [-0.05, 0) is 30.2 Å². The van der Waals surface area contributed by atoms with E-state index in [2.05, 4.69) is 4.90 Å². The van der Waals surface area contributed by atoms with Crippen LogP contribution < -0.4 is 15.4 Å². The van der Waals surface area contributed by atoms with E-state index in [9.17, 15) is 9.11 Å². The zero-order chi connectivity index (χ0) is 19.7. The number of hydrogen-bond donors (Lipinski definition) is 3. The van der Waals surface area contributed by atoms with E-state index in [1.165, 1.54) is 0 Å². The van der Waals surface area contributed by atoms with Gasteiger partial charge in [0.05, 0.1) is 16.2 Å². The van der Waals surface area contributed by atoms with E-state index in [0.29, 0.717) is 31.1 Å². The molecule has 0 amide bonds. The number of pyridine rings is 1. The van der Waals surface area contributed by atoms with Gasteiger partial charge in [-0.3, -0.25) is 9.11 Å². The van der Waals surface area contributed by atoms with E-state index in [0.717, 1.165) is 33.6 Å². The maximum Gasteiger partial charge on any atom is 0.133 e. The Morgan fingerprint density at radius 1 is 1.18 bits per heavy atom. The van der Waals surface area contributed by atoms with Crippen molar-refractivity contribution in [2.24, 2.45) is 5.73 Å². The maximum atomic E-state index is 10.6. The highest BCUT2D eigenvalue weighted by molar-refractivity contribution is 8.24. The predicted octanol–water partition coefficient (Wildman–Crippen LogP) is 4.01. The summed E-state index contributed by atoms with van der Waals surface area (Å²) in [6.07, 6.45) is 0.